The van der Waals surface area contributed by atoms with Crippen molar-refractivity contribution in [2.75, 3.05) is 6.61 Å². The molecule has 0 aliphatic rings. The minimum atomic E-state index is -4.35. The van der Waals surface area contributed by atoms with Crippen LogP contribution in [-0.2, 0) is 11.3 Å². The second-order valence-electron chi connectivity index (χ2n) is 4.59. The van der Waals surface area contributed by atoms with Crippen LogP contribution in [-0.4, -0.2) is 34.7 Å². The van der Waals surface area contributed by atoms with Crippen LogP contribution in [0.5, 0.6) is 5.75 Å². The van der Waals surface area contributed by atoms with E-state index in [0.717, 1.165) is 10.9 Å². The smallest absolute Gasteiger partial charge is 0.408 e. The molecule has 0 aliphatic heterocycles. The lowest BCUT2D eigenvalue weighted by Gasteiger charge is -2.05. The molecule has 10 heteroatoms. The molecule has 0 saturated carbocycles. The predicted molar refractivity (Wildman–Crippen MR) is 81.0 cm³/mol. The van der Waals surface area contributed by atoms with Crippen molar-refractivity contribution in [3.05, 3.63) is 47.2 Å². The second kappa shape index (κ2) is 7.82. The maximum Gasteiger partial charge on any atom is 0.408 e. The van der Waals surface area contributed by atoms with Crippen molar-refractivity contribution in [1.82, 2.24) is 15.2 Å². The Morgan fingerprint density at radius 2 is 2.04 bits per heavy atom. The fourth-order valence-electron chi connectivity index (χ4n) is 1.60. The summed E-state index contributed by atoms with van der Waals surface area (Å²) in [7, 11) is 0. The topological polar surface area (TPSA) is 68.5 Å². The van der Waals surface area contributed by atoms with E-state index in [9.17, 15) is 18.0 Å². The van der Waals surface area contributed by atoms with Gasteiger partial charge in [0.2, 0.25) is 0 Å². The van der Waals surface area contributed by atoms with Gasteiger partial charge in [0.15, 0.2) is 6.61 Å². The number of amides is 1. The van der Waals surface area contributed by atoms with Crippen molar-refractivity contribution in [3.8, 4) is 5.75 Å². The molecular weight excluding hydrogens is 349 g/mol. The average Bonchev–Trinajstić information content (AvgIpc) is 2.92. The predicted octanol–water partition coefficient (Wildman–Crippen LogP) is 2.63. The molecule has 0 radical (unpaired) electrons. The van der Waals surface area contributed by atoms with Gasteiger partial charge < -0.3 is 4.74 Å². The van der Waals surface area contributed by atoms with E-state index < -0.39 is 18.6 Å². The van der Waals surface area contributed by atoms with Crippen LogP contribution in [0.2, 0.25) is 5.02 Å². The number of hydrogen-bond donors (Lipinski definition) is 1. The quantitative estimate of drug-likeness (QED) is 0.636. The van der Waals surface area contributed by atoms with Crippen molar-refractivity contribution in [3.63, 3.8) is 0 Å². The normalized spacial score (nSPS) is 11.7. The molecule has 0 unspecified atom stereocenters. The number of aromatic nitrogens is 2. The molecule has 1 heterocycles. The Morgan fingerprint density at radius 1 is 1.33 bits per heavy atom. The van der Waals surface area contributed by atoms with Gasteiger partial charge >= 0.3 is 6.18 Å². The lowest BCUT2D eigenvalue weighted by Crippen LogP contribution is -2.24. The van der Waals surface area contributed by atoms with Crippen LogP contribution >= 0.6 is 11.6 Å². The summed E-state index contributed by atoms with van der Waals surface area (Å²) in [4.78, 5) is 11.5. The number of benzene rings is 1. The Morgan fingerprint density at radius 3 is 2.71 bits per heavy atom. The number of rotatable bonds is 6. The van der Waals surface area contributed by atoms with Crippen LogP contribution in [0.4, 0.5) is 13.2 Å². The number of carbonyl (C=O) groups is 1. The molecule has 128 valence electrons. The van der Waals surface area contributed by atoms with Gasteiger partial charge in [0.05, 0.1) is 6.21 Å². The highest BCUT2D eigenvalue weighted by atomic mass is 35.5. The van der Waals surface area contributed by atoms with Gasteiger partial charge in [-0.2, -0.15) is 23.4 Å². The third-order valence-electron chi connectivity index (χ3n) is 2.57. The van der Waals surface area contributed by atoms with Gasteiger partial charge in [-0.3, -0.25) is 9.48 Å². The zero-order valence-electron chi connectivity index (χ0n) is 12.1. The van der Waals surface area contributed by atoms with E-state index in [0.29, 0.717) is 10.8 Å². The van der Waals surface area contributed by atoms with Crippen LogP contribution in [0.25, 0.3) is 0 Å². The molecule has 0 spiro atoms. The van der Waals surface area contributed by atoms with Crippen LogP contribution in [0.15, 0.2) is 41.6 Å². The van der Waals surface area contributed by atoms with Crippen LogP contribution in [0.1, 0.15) is 5.69 Å². The summed E-state index contributed by atoms with van der Waals surface area (Å²) in [5.74, 6) is -0.0691. The Hall–Kier alpha value is -2.55. The molecule has 0 saturated heterocycles. The Balaban J connectivity index is 1.77. The largest absolute Gasteiger partial charge is 0.484 e. The molecule has 1 aromatic carbocycles. The standard InChI is InChI=1S/C14H12ClF3N4O2/c15-10-1-3-12(4-2-10)24-8-13(23)20-19-7-11-5-6-22(21-11)9-14(16,17)18/h1-7H,8-9H2,(H,20,23)/b19-7-. The summed E-state index contributed by atoms with van der Waals surface area (Å²) in [6, 6.07) is 7.78. The molecule has 2 aromatic rings. The zero-order valence-corrected chi connectivity index (χ0v) is 12.9. The van der Waals surface area contributed by atoms with Crippen molar-refractivity contribution in [2.45, 2.75) is 12.7 Å². The Labute approximate surface area is 139 Å². The summed E-state index contributed by atoms with van der Waals surface area (Å²) in [6.45, 7) is -1.47. The van der Waals surface area contributed by atoms with Gasteiger partial charge in [0.1, 0.15) is 18.0 Å². The zero-order chi connectivity index (χ0) is 17.6. The van der Waals surface area contributed by atoms with E-state index in [4.69, 9.17) is 16.3 Å². The molecule has 1 aromatic heterocycles. The van der Waals surface area contributed by atoms with Gasteiger partial charge in [-0.15, -0.1) is 0 Å². The van der Waals surface area contributed by atoms with E-state index in [1.54, 1.807) is 24.3 Å². The van der Waals surface area contributed by atoms with Gasteiger partial charge in [-0.25, -0.2) is 5.43 Å². The molecule has 1 N–H and O–H groups in total. The molecule has 0 fully saturated rings. The lowest BCUT2D eigenvalue weighted by molar-refractivity contribution is -0.142. The number of ether oxygens (including phenoxy) is 1. The van der Waals surface area contributed by atoms with Crippen molar-refractivity contribution in [2.24, 2.45) is 5.10 Å². The average molecular weight is 361 g/mol. The highest BCUT2D eigenvalue weighted by molar-refractivity contribution is 6.30. The minimum Gasteiger partial charge on any atom is -0.484 e. The highest BCUT2D eigenvalue weighted by Gasteiger charge is 2.28. The van der Waals surface area contributed by atoms with E-state index >= 15 is 0 Å². The molecule has 0 aliphatic carbocycles. The monoisotopic (exact) mass is 360 g/mol. The van der Waals surface area contributed by atoms with E-state index in [1.807, 2.05) is 0 Å². The Kier molecular flexibility index (Phi) is 5.80. The molecule has 2 rings (SSSR count). The summed E-state index contributed by atoms with van der Waals surface area (Å²) in [6.07, 6.45) is -2.05. The van der Waals surface area contributed by atoms with Crippen molar-refractivity contribution in [1.29, 1.82) is 0 Å². The number of hydrazone groups is 1. The van der Waals surface area contributed by atoms with Crippen LogP contribution in [0, 0.1) is 0 Å². The van der Waals surface area contributed by atoms with Crippen LogP contribution in [0.3, 0.4) is 0 Å². The number of nitrogens with one attached hydrogen (secondary N) is 1. The van der Waals surface area contributed by atoms with Gasteiger partial charge in [-0.1, -0.05) is 11.6 Å². The molecule has 1 amide bonds. The van der Waals surface area contributed by atoms with Crippen molar-refractivity contribution < 1.29 is 22.7 Å². The number of alkyl halides is 3. The molecule has 0 atom stereocenters. The summed E-state index contributed by atoms with van der Waals surface area (Å²) in [5.41, 5.74) is 2.36. The van der Waals surface area contributed by atoms with Gasteiger partial charge in [-0.05, 0) is 30.3 Å². The maximum absolute atomic E-state index is 12.2. The molecule has 24 heavy (non-hydrogen) atoms. The molecule has 0 bridgehead atoms. The molecular formula is C14H12ClF3N4O2. The van der Waals surface area contributed by atoms with E-state index in [2.05, 4.69) is 15.6 Å². The third-order valence-corrected chi connectivity index (χ3v) is 2.82. The van der Waals surface area contributed by atoms with E-state index in [1.165, 1.54) is 12.3 Å². The summed E-state index contributed by atoms with van der Waals surface area (Å²) < 4.78 is 42.5. The third kappa shape index (κ3) is 6.29. The summed E-state index contributed by atoms with van der Waals surface area (Å²) >= 11 is 5.71. The number of hydrogen-bond acceptors (Lipinski definition) is 4. The number of carbonyl (C=O) groups excluding carboxylic acids is 1. The number of halogens is 4. The van der Waals surface area contributed by atoms with Gasteiger partial charge in [0.25, 0.3) is 5.91 Å². The Bertz CT molecular complexity index is 714. The minimum absolute atomic E-state index is 0.179. The fourth-order valence-corrected chi connectivity index (χ4v) is 1.73. The second-order valence-corrected chi connectivity index (χ2v) is 5.03. The fraction of sp³-hybridized carbons (Fsp3) is 0.214. The maximum atomic E-state index is 12.2. The first-order valence-corrected chi connectivity index (χ1v) is 7.00. The first-order valence-electron chi connectivity index (χ1n) is 6.62. The van der Waals surface area contributed by atoms with Crippen molar-refractivity contribution >= 4 is 23.7 Å². The number of nitrogens with zero attached hydrogens (tertiary/aromatic N) is 3. The molecule has 6 nitrogen and oxygen atoms in total. The first-order chi connectivity index (χ1) is 11.3. The van der Waals surface area contributed by atoms with E-state index in [-0.39, 0.29) is 12.3 Å². The lowest BCUT2D eigenvalue weighted by atomic mass is 10.3. The van der Waals surface area contributed by atoms with Crippen LogP contribution < -0.4 is 10.2 Å². The summed E-state index contributed by atoms with van der Waals surface area (Å²) in [5, 5.41) is 7.78. The highest BCUT2D eigenvalue weighted by Crippen LogP contribution is 2.17. The van der Waals surface area contributed by atoms with Gasteiger partial charge in [0, 0.05) is 11.2 Å². The first kappa shape index (κ1) is 17.8. The SMILES string of the molecule is O=C(COc1ccc(Cl)cc1)N/N=C\c1ccn(CC(F)(F)F)n1.